The van der Waals surface area contributed by atoms with Crippen LogP contribution in [0.15, 0.2) is 42.5 Å². The molecule has 0 bridgehead atoms. The highest BCUT2D eigenvalue weighted by Crippen LogP contribution is 2.27. The Bertz CT molecular complexity index is 601. The molecule has 2 rings (SSSR count). The van der Waals surface area contributed by atoms with E-state index in [1.165, 1.54) is 18.2 Å². The normalized spacial score (nSPS) is 14.0. The molecule has 2 aromatic carbocycles. The standard InChI is InChI=1S/C16H17F2NO/c1-10(12-4-3-5-13(17)8-12)19-11(2)15-7-6-14(18)9-16(15)20/h3-11,19-20H,1-2H3. The Morgan fingerprint density at radius 2 is 1.65 bits per heavy atom. The van der Waals surface area contributed by atoms with Gasteiger partial charge < -0.3 is 10.4 Å². The highest BCUT2D eigenvalue weighted by molar-refractivity contribution is 5.35. The minimum Gasteiger partial charge on any atom is -0.508 e. The second kappa shape index (κ2) is 6.01. The lowest BCUT2D eigenvalue weighted by molar-refractivity contribution is 0.433. The van der Waals surface area contributed by atoms with Crippen LogP contribution in [0, 0.1) is 11.6 Å². The smallest absolute Gasteiger partial charge is 0.126 e. The van der Waals surface area contributed by atoms with Crippen LogP contribution in [0.5, 0.6) is 5.75 Å². The second-order valence-electron chi connectivity index (χ2n) is 4.87. The Morgan fingerprint density at radius 1 is 0.950 bits per heavy atom. The zero-order chi connectivity index (χ0) is 14.7. The van der Waals surface area contributed by atoms with Crippen molar-refractivity contribution in [2.75, 3.05) is 0 Å². The first-order valence-electron chi connectivity index (χ1n) is 6.47. The van der Waals surface area contributed by atoms with Crippen LogP contribution in [0.4, 0.5) is 8.78 Å². The van der Waals surface area contributed by atoms with Gasteiger partial charge in [-0.15, -0.1) is 0 Å². The van der Waals surface area contributed by atoms with Gasteiger partial charge in [-0.2, -0.15) is 0 Å². The number of rotatable bonds is 4. The van der Waals surface area contributed by atoms with E-state index >= 15 is 0 Å². The number of benzene rings is 2. The summed E-state index contributed by atoms with van der Waals surface area (Å²) >= 11 is 0. The van der Waals surface area contributed by atoms with Crippen LogP contribution in [0.1, 0.15) is 37.1 Å². The molecule has 2 aromatic rings. The average molecular weight is 277 g/mol. The van der Waals surface area contributed by atoms with Gasteiger partial charge in [0.2, 0.25) is 0 Å². The highest BCUT2D eigenvalue weighted by Gasteiger charge is 2.14. The van der Waals surface area contributed by atoms with Crippen molar-refractivity contribution in [1.29, 1.82) is 0 Å². The molecule has 0 radical (unpaired) electrons. The number of halogens is 2. The van der Waals surface area contributed by atoms with Gasteiger partial charge in [-0.3, -0.25) is 0 Å². The third-order valence-corrected chi connectivity index (χ3v) is 3.31. The average Bonchev–Trinajstić information content (AvgIpc) is 2.38. The molecule has 0 spiro atoms. The Balaban J connectivity index is 2.12. The molecular formula is C16H17F2NO. The van der Waals surface area contributed by atoms with Crippen molar-refractivity contribution in [2.24, 2.45) is 0 Å². The third-order valence-electron chi connectivity index (χ3n) is 3.31. The van der Waals surface area contributed by atoms with Gasteiger partial charge in [-0.1, -0.05) is 18.2 Å². The fourth-order valence-corrected chi connectivity index (χ4v) is 2.22. The summed E-state index contributed by atoms with van der Waals surface area (Å²) in [4.78, 5) is 0. The monoisotopic (exact) mass is 277 g/mol. The largest absolute Gasteiger partial charge is 0.508 e. The molecule has 2 unspecified atom stereocenters. The van der Waals surface area contributed by atoms with E-state index in [9.17, 15) is 13.9 Å². The van der Waals surface area contributed by atoms with Gasteiger partial charge in [0.25, 0.3) is 0 Å². The first kappa shape index (κ1) is 14.5. The van der Waals surface area contributed by atoms with Gasteiger partial charge in [-0.25, -0.2) is 8.78 Å². The van der Waals surface area contributed by atoms with Gasteiger partial charge in [0.05, 0.1) is 0 Å². The fraction of sp³-hybridized carbons (Fsp3) is 0.250. The number of hydrogen-bond acceptors (Lipinski definition) is 2. The van der Waals surface area contributed by atoms with Crippen molar-refractivity contribution in [3.63, 3.8) is 0 Å². The zero-order valence-electron chi connectivity index (χ0n) is 11.4. The number of phenolic OH excluding ortho intramolecular Hbond substituents is 1. The quantitative estimate of drug-likeness (QED) is 0.882. The summed E-state index contributed by atoms with van der Waals surface area (Å²) in [5, 5.41) is 13.0. The van der Waals surface area contributed by atoms with Gasteiger partial charge in [0, 0.05) is 23.7 Å². The Morgan fingerprint density at radius 3 is 2.30 bits per heavy atom. The van der Waals surface area contributed by atoms with Crippen molar-refractivity contribution in [3.8, 4) is 5.75 Å². The van der Waals surface area contributed by atoms with Gasteiger partial charge >= 0.3 is 0 Å². The summed E-state index contributed by atoms with van der Waals surface area (Å²) < 4.78 is 26.1. The lowest BCUT2D eigenvalue weighted by atomic mass is 10.0. The maximum atomic E-state index is 13.2. The Hall–Kier alpha value is -1.94. The lowest BCUT2D eigenvalue weighted by Gasteiger charge is -2.21. The van der Waals surface area contributed by atoms with Gasteiger partial charge in [0.15, 0.2) is 0 Å². The van der Waals surface area contributed by atoms with Crippen molar-refractivity contribution < 1.29 is 13.9 Å². The highest BCUT2D eigenvalue weighted by atomic mass is 19.1. The van der Waals surface area contributed by atoms with Gasteiger partial charge in [0.1, 0.15) is 17.4 Å². The SMILES string of the molecule is CC(NC(C)c1ccc(F)cc1O)c1cccc(F)c1. The van der Waals surface area contributed by atoms with E-state index in [1.807, 2.05) is 19.9 Å². The number of nitrogens with one attached hydrogen (secondary N) is 1. The number of hydrogen-bond donors (Lipinski definition) is 2. The molecular weight excluding hydrogens is 260 g/mol. The maximum absolute atomic E-state index is 13.2. The number of aromatic hydroxyl groups is 1. The minimum atomic E-state index is -0.475. The molecule has 2 atom stereocenters. The molecule has 0 fully saturated rings. The predicted molar refractivity (Wildman–Crippen MR) is 74.4 cm³/mol. The lowest BCUT2D eigenvalue weighted by Crippen LogP contribution is -2.22. The van der Waals surface area contributed by atoms with Crippen molar-refractivity contribution in [2.45, 2.75) is 25.9 Å². The molecule has 4 heteroatoms. The van der Waals surface area contributed by atoms with E-state index in [0.717, 1.165) is 11.6 Å². The van der Waals surface area contributed by atoms with Crippen molar-refractivity contribution >= 4 is 0 Å². The van der Waals surface area contributed by atoms with Crippen LogP contribution in [-0.4, -0.2) is 5.11 Å². The van der Waals surface area contributed by atoms with Crippen molar-refractivity contribution in [3.05, 3.63) is 65.2 Å². The van der Waals surface area contributed by atoms with Crippen LogP contribution in [-0.2, 0) is 0 Å². The molecule has 2 nitrogen and oxygen atoms in total. The van der Waals surface area contributed by atoms with Crippen LogP contribution in [0.3, 0.4) is 0 Å². The van der Waals surface area contributed by atoms with E-state index in [2.05, 4.69) is 5.32 Å². The summed E-state index contributed by atoms with van der Waals surface area (Å²) in [7, 11) is 0. The van der Waals surface area contributed by atoms with Crippen molar-refractivity contribution in [1.82, 2.24) is 5.32 Å². The minimum absolute atomic E-state index is 0.0866. The Kier molecular flexibility index (Phi) is 4.35. The third kappa shape index (κ3) is 3.33. The molecule has 0 aliphatic heterocycles. The molecule has 0 aromatic heterocycles. The van der Waals surface area contributed by atoms with Crippen LogP contribution < -0.4 is 5.32 Å². The first-order valence-corrected chi connectivity index (χ1v) is 6.47. The molecule has 0 aliphatic carbocycles. The molecule has 0 heterocycles. The molecule has 2 N–H and O–H groups in total. The van der Waals surface area contributed by atoms with E-state index < -0.39 is 5.82 Å². The van der Waals surface area contributed by atoms with E-state index in [0.29, 0.717) is 5.56 Å². The summed E-state index contributed by atoms with van der Waals surface area (Å²) in [6.07, 6.45) is 0. The number of phenols is 1. The first-order chi connectivity index (χ1) is 9.47. The predicted octanol–water partition coefficient (Wildman–Crippen LogP) is 4.08. The van der Waals surface area contributed by atoms with Crippen LogP contribution in [0.2, 0.25) is 0 Å². The summed E-state index contributed by atoms with van der Waals surface area (Å²) in [6, 6.07) is 10.0. The Labute approximate surface area is 117 Å². The second-order valence-corrected chi connectivity index (χ2v) is 4.87. The van der Waals surface area contributed by atoms with E-state index in [1.54, 1.807) is 12.1 Å². The molecule has 0 aliphatic rings. The summed E-state index contributed by atoms with van der Waals surface area (Å²) in [5.74, 6) is -0.846. The topological polar surface area (TPSA) is 32.3 Å². The summed E-state index contributed by atoms with van der Waals surface area (Å²) in [6.45, 7) is 3.77. The molecule has 0 saturated carbocycles. The van der Waals surface area contributed by atoms with E-state index in [4.69, 9.17) is 0 Å². The fourth-order valence-electron chi connectivity index (χ4n) is 2.22. The molecule has 0 amide bonds. The molecule has 0 saturated heterocycles. The van der Waals surface area contributed by atoms with Gasteiger partial charge in [-0.05, 0) is 37.6 Å². The zero-order valence-corrected chi connectivity index (χ0v) is 11.4. The summed E-state index contributed by atoms with van der Waals surface area (Å²) in [5.41, 5.74) is 1.42. The molecule has 106 valence electrons. The molecule has 20 heavy (non-hydrogen) atoms. The maximum Gasteiger partial charge on any atom is 0.126 e. The van der Waals surface area contributed by atoms with Crippen LogP contribution in [0.25, 0.3) is 0 Å². The van der Waals surface area contributed by atoms with E-state index in [-0.39, 0.29) is 23.7 Å². The van der Waals surface area contributed by atoms with Crippen LogP contribution >= 0.6 is 0 Å².